The van der Waals surface area contributed by atoms with E-state index >= 15 is 0 Å². The molecule has 2 nitrogen and oxygen atoms in total. The highest BCUT2D eigenvalue weighted by molar-refractivity contribution is 6.18. The minimum Gasteiger partial charge on any atom is -0.493 e. The van der Waals surface area contributed by atoms with Gasteiger partial charge >= 0.3 is 0 Å². The summed E-state index contributed by atoms with van der Waals surface area (Å²) in [6.07, 6.45) is 5.64. The quantitative estimate of drug-likeness (QED) is 0.446. The fraction of sp³-hybridized carbons (Fsp3) is 0.556. The van der Waals surface area contributed by atoms with E-state index in [1.807, 2.05) is 6.07 Å². The Labute approximate surface area is 143 Å². The van der Waals surface area contributed by atoms with Gasteiger partial charge in [0, 0.05) is 30.4 Å². The fourth-order valence-corrected chi connectivity index (χ4v) is 3.06. The van der Waals surface area contributed by atoms with Gasteiger partial charge in [0.25, 0.3) is 0 Å². The van der Waals surface area contributed by atoms with E-state index < -0.39 is 0 Å². The standard InChI is InChI=1S/C18H24Cl2O2/c1-2-18(22-14-6-12-20)10-9-17(21-13-5-11-19)15-7-3-4-8-16(15)18/h3-4,7-9H,2,5-6,10-14H2,1H3. The van der Waals surface area contributed by atoms with Gasteiger partial charge in [-0.15, -0.1) is 23.2 Å². The van der Waals surface area contributed by atoms with Crippen LogP contribution >= 0.6 is 23.2 Å². The number of rotatable bonds is 9. The van der Waals surface area contributed by atoms with Crippen molar-refractivity contribution in [1.29, 1.82) is 0 Å². The van der Waals surface area contributed by atoms with Crippen LogP contribution < -0.4 is 0 Å². The monoisotopic (exact) mass is 342 g/mol. The molecule has 1 aromatic carbocycles. The Hall–Kier alpha value is -0.700. The molecule has 122 valence electrons. The van der Waals surface area contributed by atoms with Gasteiger partial charge in [-0.1, -0.05) is 31.2 Å². The smallest absolute Gasteiger partial charge is 0.123 e. The summed E-state index contributed by atoms with van der Waals surface area (Å²) in [5.74, 6) is 2.20. The van der Waals surface area contributed by atoms with Crippen molar-refractivity contribution in [2.45, 2.75) is 38.2 Å². The van der Waals surface area contributed by atoms with Crippen molar-refractivity contribution in [2.24, 2.45) is 0 Å². The van der Waals surface area contributed by atoms with Crippen LogP contribution in [0.5, 0.6) is 0 Å². The molecule has 1 aliphatic rings. The first-order valence-electron chi connectivity index (χ1n) is 7.96. The lowest BCUT2D eigenvalue weighted by atomic mass is 9.80. The van der Waals surface area contributed by atoms with Gasteiger partial charge < -0.3 is 9.47 Å². The Morgan fingerprint density at radius 3 is 2.55 bits per heavy atom. The van der Waals surface area contributed by atoms with Gasteiger partial charge in [0.1, 0.15) is 5.76 Å². The number of alkyl halides is 2. The van der Waals surface area contributed by atoms with Crippen LogP contribution in [0.1, 0.15) is 43.7 Å². The summed E-state index contributed by atoms with van der Waals surface area (Å²) in [6, 6.07) is 8.37. The lowest BCUT2D eigenvalue weighted by molar-refractivity contribution is -0.0532. The van der Waals surface area contributed by atoms with E-state index in [-0.39, 0.29) is 5.60 Å². The number of ether oxygens (including phenoxy) is 2. The van der Waals surface area contributed by atoms with Gasteiger partial charge in [0.15, 0.2) is 0 Å². The molecule has 0 aliphatic heterocycles. The third-order valence-electron chi connectivity index (χ3n) is 4.06. The normalized spacial score (nSPS) is 20.4. The summed E-state index contributed by atoms with van der Waals surface area (Å²) in [5, 5.41) is 0. The minimum atomic E-state index is -0.262. The molecule has 0 saturated heterocycles. The van der Waals surface area contributed by atoms with Gasteiger partial charge in [0.05, 0.1) is 12.2 Å². The molecule has 0 amide bonds. The molecular formula is C18H24Cl2O2. The number of hydrogen-bond acceptors (Lipinski definition) is 2. The van der Waals surface area contributed by atoms with Gasteiger partial charge in [-0.3, -0.25) is 0 Å². The van der Waals surface area contributed by atoms with Crippen LogP contribution in [0.3, 0.4) is 0 Å². The predicted octanol–water partition coefficient (Wildman–Crippen LogP) is 5.33. The second-order valence-electron chi connectivity index (χ2n) is 5.45. The number of fused-ring (bicyclic) bond motifs is 1. The minimum absolute atomic E-state index is 0.262. The Balaban J connectivity index is 2.22. The molecule has 1 unspecified atom stereocenters. The van der Waals surface area contributed by atoms with Crippen molar-refractivity contribution < 1.29 is 9.47 Å². The first-order chi connectivity index (χ1) is 10.8. The van der Waals surface area contributed by atoms with E-state index in [0.717, 1.165) is 37.0 Å². The van der Waals surface area contributed by atoms with E-state index in [1.54, 1.807) is 0 Å². The summed E-state index contributed by atoms with van der Waals surface area (Å²) >= 11 is 11.5. The van der Waals surface area contributed by atoms with Crippen LogP contribution in [0.25, 0.3) is 5.76 Å². The topological polar surface area (TPSA) is 18.5 Å². The molecule has 1 aliphatic carbocycles. The molecule has 0 radical (unpaired) electrons. The maximum Gasteiger partial charge on any atom is 0.123 e. The summed E-state index contributed by atoms with van der Waals surface area (Å²) in [7, 11) is 0. The van der Waals surface area contributed by atoms with E-state index in [9.17, 15) is 0 Å². The largest absolute Gasteiger partial charge is 0.493 e. The Morgan fingerprint density at radius 2 is 1.82 bits per heavy atom. The third kappa shape index (κ3) is 3.98. The van der Waals surface area contributed by atoms with Crippen LogP contribution in [0.15, 0.2) is 30.3 Å². The lowest BCUT2D eigenvalue weighted by Gasteiger charge is -2.37. The number of benzene rings is 1. The van der Waals surface area contributed by atoms with Crippen molar-refractivity contribution in [3.05, 3.63) is 41.5 Å². The highest BCUT2D eigenvalue weighted by atomic mass is 35.5. The second-order valence-corrected chi connectivity index (χ2v) is 6.20. The van der Waals surface area contributed by atoms with Crippen LogP contribution in [-0.2, 0) is 15.1 Å². The van der Waals surface area contributed by atoms with Gasteiger partial charge in [-0.05, 0) is 30.9 Å². The Kier molecular flexibility index (Phi) is 7.07. The summed E-state index contributed by atoms with van der Waals surface area (Å²) < 4.78 is 12.2. The molecule has 0 fully saturated rings. The van der Waals surface area contributed by atoms with Crippen molar-refractivity contribution in [3.63, 3.8) is 0 Å². The zero-order valence-electron chi connectivity index (χ0n) is 13.1. The molecule has 1 atom stereocenters. The van der Waals surface area contributed by atoms with Gasteiger partial charge in [0.2, 0.25) is 0 Å². The number of hydrogen-bond donors (Lipinski definition) is 0. The lowest BCUT2D eigenvalue weighted by Crippen LogP contribution is -2.32. The molecule has 0 spiro atoms. The van der Waals surface area contributed by atoms with Crippen molar-refractivity contribution >= 4 is 29.0 Å². The average molecular weight is 343 g/mol. The zero-order valence-corrected chi connectivity index (χ0v) is 14.6. The second kappa shape index (κ2) is 8.81. The van der Waals surface area contributed by atoms with Crippen LogP contribution in [0, 0.1) is 0 Å². The SMILES string of the molecule is CCC1(OCCCCl)CC=C(OCCCCl)c2ccccc21. The van der Waals surface area contributed by atoms with Crippen LogP contribution in [0.4, 0.5) is 0 Å². The first kappa shape index (κ1) is 17.7. The summed E-state index contributed by atoms with van der Waals surface area (Å²) in [5.41, 5.74) is 2.09. The summed E-state index contributed by atoms with van der Waals surface area (Å²) in [4.78, 5) is 0. The zero-order chi connectivity index (χ0) is 15.8. The third-order valence-corrected chi connectivity index (χ3v) is 4.60. The van der Waals surface area contributed by atoms with Crippen LogP contribution in [-0.4, -0.2) is 25.0 Å². The maximum absolute atomic E-state index is 6.25. The van der Waals surface area contributed by atoms with E-state index in [0.29, 0.717) is 25.0 Å². The van der Waals surface area contributed by atoms with Crippen molar-refractivity contribution in [1.82, 2.24) is 0 Å². The molecule has 1 aromatic rings. The van der Waals surface area contributed by atoms with Gasteiger partial charge in [-0.25, -0.2) is 0 Å². The van der Waals surface area contributed by atoms with E-state index in [1.165, 1.54) is 5.56 Å². The van der Waals surface area contributed by atoms with E-state index in [4.69, 9.17) is 32.7 Å². The van der Waals surface area contributed by atoms with E-state index in [2.05, 4.69) is 31.2 Å². The fourth-order valence-electron chi connectivity index (χ4n) is 2.84. The molecule has 2 rings (SSSR count). The van der Waals surface area contributed by atoms with Crippen molar-refractivity contribution in [2.75, 3.05) is 25.0 Å². The molecule has 0 saturated carbocycles. The Morgan fingerprint density at radius 1 is 1.09 bits per heavy atom. The molecule has 0 heterocycles. The van der Waals surface area contributed by atoms with Crippen LogP contribution in [0.2, 0.25) is 0 Å². The first-order valence-corrected chi connectivity index (χ1v) is 9.03. The molecule has 22 heavy (non-hydrogen) atoms. The highest BCUT2D eigenvalue weighted by Gasteiger charge is 2.36. The van der Waals surface area contributed by atoms with Gasteiger partial charge in [-0.2, -0.15) is 0 Å². The predicted molar refractivity (Wildman–Crippen MR) is 93.6 cm³/mol. The molecule has 0 aromatic heterocycles. The molecule has 0 N–H and O–H groups in total. The molecular weight excluding hydrogens is 319 g/mol. The summed E-state index contributed by atoms with van der Waals surface area (Å²) in [6.45, 7) is 3.50. The molecule has 4 heteroatoms. The maximum atomic E-state index is 6.25. The Bertz CT molecular complexity index is 502. The average Bonchev–Trinajstić information content (AvgIpc) is 2.57. The van der Waals surface area contributed by atoms with Crippen molar-refractivity contribution in [3.8, 4) is 0 Å². The molecule has 0 bridgehead atoms. The highest BCUT2D eigenvalue weighted by Crippen LogP contribution is 2.42. The number of halogens is 2.